The summed E-state index contributed by atoms with van der Waals surface area (Å²) in [6.45, 7) is 5.44. The van der Waals surface area contributed by atoms with E-state index in [9.17, 15) is 0 Å². The van der Waals surface area contributed by atoms with Crippen molar-refractivity contribution in [3.05, 3.63) is 28.3 Å². The first-order valence-electron chi connectivity index (χ1n) is 6.65. The zero-order valence-electron chi connectivity index (χ0n) is 11.2. The van der Waals surface area contributed by atoms with Gasteiger partial charge >= 0.3 is 0 Å². The fourth-order valence-electron chi connectivity index (χ4n) is 3.18. The van der Waals surface area contributed by atoms with Crippen molar-refractivity contribution in [1.29, 1.82) is 0 Å². The van der Waals surface area contributed by atoms with Crippen LogP contribution in [-0.2, 0) is 6.42 Å². The van der Waals surface area contributed by atoms with Crippen LogP contribution in [0.1, 0.15) is 37.4 Å². The summed E-state index contributed by atoms with van der Waals surface area (Å²) in [4.78, 5) is 0. The van der Waals surface area contributed by atoms with E-state index in [-0.39, 0.29) is 0 Å². The van der Waals surface area contributed by atoms with Crippen LogP contribution >= 0.6 is 11.6 Å². The number of fused-ring (bicyclic) bond motifs is 1. The van der Waals surface area contributed by atoms with Gasteiger partial charge in [-0.05, 0) is 42.5 Å². The maximum Gasteiger partial charge on any atom is 0.127 e. The molecule has 1 aromatic rings. The Morgan fingerprint density at radius 2 is 2.17 bits per heavy atom. The first-order valence-corrected chi connectivity index (χ1v) is 7.03. The largest absolute Gasteiger partial charge is 0.493 e. The highest BCUT2D eigenvalue weighted by Gasteiger charge is 2.50. The molecule has 3 heteroatoms. The molecule has 2 nitrogen and oxygen atoms in total. The lowest BCUT2D eigenvalue weighted by molar-refractivity contribution is 0.343. The summed E-state index contributed by atoms with van der Waals surface area (Å²) in [5.74, 6) is 1.75. The molecule has 1 aromatic carbocycles. The average molecular weight is 266 g/mol. The number of hydrogen-bond donors (Lipinski definition) is 1. The number of ether oxygens (including phenoxy) is 1. The smallest absolute Gasteiger partial charge is 0.127 e. The lowest BCUT2D eigenvalue weighted by atomic mass is 9.94. The zero-order valence-corrected chi connectivity index (χ0v) is 12.0. The molecule has 0 spiro atoms. The van der Waals surface area contributed by atoms with Gasteiger partial charge in [0.15, 0.2) is 0 Å². The van der Waals surface area contributed by atoms with E-state index in [0.717, 1.165) is 23.8 Å². The summed E-state index contributed by atoms with van der Waals surface area (Å²) in [7, 11) is 2.03. The predicted molar refractivity (Wildman–Crippen MR) is 74.3 cm³/mol. The van der Waals surface area contributed by atoms with Crippen LogP contribution in [-0.4, -0.2) is 13.7 Å². The molecule has 0 saturated heterocycles. The normalized spacial score (nSPS) is 25.4. The molecule has 2 aliphatic rings. The Balaban J connectivity index is 2.00. The molecule has 1 fully saturated rings. The molecule has 18 heavy (non-hydrogen) atoms. The Hall–Kier alpha value is -0.730. The van der Waals surface area contributed by atoms with E-state index in [0.29, 0.717) is 17.4 Å². The van der Waals surface area contributed by atoms with Crippen LogP contribution in [0.2, 0.25) is 5.02 Å². The minimum absolute atomic E-state index is 0.352. The second kappa shape index (κ2) is 4.14. The SMILES string of the molecule is CNC(c1cc(Cl)cc2c1OCC2)C1CC1(C)C. The Morgan fingerprint density at radius 1 is 1.44 bits per heavy atom. The van der Waals surface area contributed by atoms with E-state index in [4.69, 9.17) is 16.3 Å². The summed E-state index contributed by atoms with van der Waals surface area (Å²) in [5.41, 5.74) is 2.94. The van der Waals surface area contributed by atoms with Gasteiger partial charge in [0.05, 0.1) is 6.61 Å². The molecule has 2 atom stereocenters. The van der Waals surface area contributed by atoms with Crippen molar-refractivity contribution in [3.63, 3.8) is 0 Å². The highest BCUT2D eigenvalue weighted by Crippen LogP contribution is 2.59. The fraction of sp³-hybridized carbons (Fsp3) is 0.600. The van der Waals surface area contributed by atoms with E-state index >= 15 is 0 Å². The molecule has 3 rings (SSSR count). The topological polar surface area (TPSA) is 21.3 Å². The lowest BCUT2D eigenvalue weighted by Crippen LogP contribution is -2.21. The molecule has 1 aliphatic carbocycles. The minimum Gasteiger partial charge on any atom is -0.493 e. The molecule has 1 N–H and O–H groups in total. The average Bonchev–Trinajstić information content (AvgIpc) is 2.75. The van der Waals surface area contributed by atoms with Gasteiger partial charge in [-0.2, -0.15) is 0 Å². The molecule has 1 saturated carbocycles. The van der Waals surface area contributed by atoms with Crippen molar-refractivity contribution in [3.8, 4) is 5.75 Å². The molecule has 1 aliphatic heterocycles. The van der Waals surface area contributed by atoms with Crippen LogP contribution in [0.4, 0.5) is 0 Å². The summed E-state index contributed by atoms with van der Waals surface area (Å²) in [5, 5.41) is 4.28. The predicted octanol–water partition coefficient (Wildman–Crippen LogP) is 3.58. The Kier molecular flexibility index (Phi) is 2.83. The van der Waals surface area contributed by atoms with E-state index in [2.05, 4.69) is 25.2 Å². The number of nitrogens with one attached hydrogen (secondary N) is 1. The molecular weight excluding hydrogens is 246 g/mol. The van der Waals surface area contributed by atoms with Crippen molar-refractivity contribution in [1.82, 2.24) is 5.32 Å². The third kappa shape index (κ3) is 1.92. The maximum atomic E-state index is 6.24. The Morgan fingerprint density at radius 3 is 2.78 bits per heavy atom. The summed E-state index contributed by atoms with van der Waals surface area (Å²) < 4.78 is 5.81. The van der Waals surface area contributed by atoms with Crippen molar-refractivity contribution in [2.75, 3.05) is 13.7 Å². The van der Waals surface area contributed by atoms with Crippen molar-refractivity contribution in [2.24, 2.45) is 11.3 Å². The van der Waals surface area contributed by atoms with Gasteiger partial charge in [-0.15, -0.1) is 0 Å². The molecule has 98 valence electrons. The Labute approximate surface area is 114 Å². The van der Waals surface area contributed by atoms with E-state index in [1.807, 2.05) is 13.1 Å². The monoisotopic (exact) mass is 265 g/mol. The van der Waals surface area contributed by atoms with Crippen LogP contribution < -0.4 is 10.1 Å². The van der Waals surface area contributed by atoms with Crippen molar-refractivity contribution >= 4 is 11.6 Å². The number of benzene rings is 1. The quantitative estimate of drug-likeness (QED) is 0.902. The third-order valence-corrected chi connectivity index (χ3v) is 4.63. The number of rotatable bonds is 3. The van der Waals surface area contributed by atoms with Crippen LogP contribution in [0.15, 0.2) is 12.1 Å². The van der Waals surface area contributed by atoms with Crippen LogP contribution in [0, 0.1) is 11.3 Å². The van der Waals surface area contributed by atoms with Crippen LogP contribution in [0.3, 0.4) is 0 Å². The molecule has 2 unspecified atom stereocenters. The third-order valence-electron chi connectivity index (χ3n) is 4.42. The molecule has 0 bridgehead atoms. The van der Waals surface area contributed by atoms with Crippen molar-refractivity contribution < 1.29 is 4.74 Å². The molecule has 0 amide bonds. The van der Waals surface area contributed by atoms with E-state index in [1.165, 1.54) is 17.5 Å². The second-order valence-corrected chi connectivity index (χ2v) is 6.58. The standard InChI is InChI=1S/C15H20ClNO/c1-15(2)8-12(15)13(17-3)11-7-10(16)6-9-4-5-18-14(9)11/h6-7,12-13,17H,4-5,8H2,1-3H3. The summed E-state index contributed by atoms with van der Waals surface area (Å²) >= 11 is 6.24. The molecular formula is C15H20ClNO. The van der Waals surface area contributed by atoms with Gasteiger partial charge in [0.1, 0.15) is 5.75 Å². The highest BCUT2D eigenvalue weighted by molar-refractivity contribution is 6.30. The molecule has 0 aromatic heterocycles. The first-order chi connectivity index (χ1) is 8.53. The second-order valence-electron chi connectivity index (χ2n) is 6.15. The van der Waals surface area contributed by atoms with Crippen LogP contribution in [0.5, 0.6) is 5.75 Å². The number of halogens is 1. The minimum atomic E-state index is 0.352. The van der Waals surface area contributed by atoms with Gasteiger partial charge in [0, 0.05) is 23.0 Å². The van der Waals surface area contributed by atoms with Crippen molar-refractivity contribution in [2.45, 2.75) is 32.7 Å². The van der Waals surface area contributed by atoms with E-state index in [1.54, 1.807) is 0 Å². The highest BCUT2D eigenvalue weighted by atomic mass is 35.5. The van der Waals surface area contributed by atoms with E-state index < -0.39 is 0 Å². The lowest BCUT2D eigenvalue weighted by Gasteiger charge is -2.21. The molecule has 1 heterocycles. The zero-order chi connectivity index (χ0) is 12.9. The summed E-state index contributed by atoms with van der Waals surface area (Å²) in [6, 6.07) is 4.46. The van der Waals surface area contributed by atoms with Crippen LogP contribution in [0.25, 0.3) is 0 Å². The van der Waals surface area contributed by atoms with Gasteiger partial charge in [0.25, 0.3) is 0 Å². The van der Waals surface area contributed by atoms with Gasteiger partial charge in [0.2, 0.25) is 0 Å². The first kappa shape index (κ1) is 12.3. The van der Waals surface area contributed by atoms with Gasteiger partial charge < -0.3 is 10.1 Å². The molecule has 0 radical (unpaired) electrons. The van der Waals surface area contributed by atoms with Gasteiger partial charge in [-0.25, -0.2) is 0 Å². The maximum absolute atomic E-state index is 6.24. The van der Waals surface area contributed by atoms with Gasteiger partial charge in [-0.1, -0.05) is 25.4 Å². The fourth-order valence-corrected chi connectivity index (χ4v) is 3.43. The number of hydrogen-bond acceptors (Lipinski definition) is 2. The Bertz CT molecular complexity index is 484. The summed E-state index contributed by atoms with van der Waals surface area (Å²) in [6.07, 6.45) is 2.24. The van der Waals surface area contributed by atoms with Gasteiger partial charge in [-0.3, -0.25) is 0 Å².